The quantitative estimate of drug-likeness (QED) is 0.480. The van der Waals surface area contributed by atoms with Crippen molar-refractivity contribution in [2.45, 2.75) is 64.8 Å². The molecule has 11 heteroatoms. The Morgan fingerprint density at radius 1 is 0.941 bits per heavy atom. The largest absolute Gasteiger partial charge is 0.450 e. The van der Waals surface area contributed by atoms with Crippen molar-refractivity contribution < 1.29 is 22.7 Å². The Bertz CT molecular complexity index is 772. The molecule has 0 unspecified atom stereocenters. The molecule has 2 atom stereocenters. The zero-order valence-corrected chi connectivity index (χ0v) is 21.7. The van der Waals surface area contributed by atoms with Gasteiger partial charge in [-0.15, -0.1) is 0 Å². The minimum absolute atomic E-state index is 0.0438. The van der Waals surface area contributed by atoms with Gasteiger partial charge in [-0.3, -0.25) is 4.79 Å². The van der Waals surface area contributed by atoms with Gasteiger partial charge in [0.15, 0.2) is 0 Å². The lowest BCUT2D eigenvalue weighted by atomic mass is 9.98. The SMILES string of the molecule is CCOC(=O)N1CCN(S(=O)(=O)N2CCC[C@H](C(=O)NCCCN3CCCC[C@H]3CC)C2)CC1. The van der Waals surface area contributed by atoms with E-state index in [0.717, 1.165) is 19.5 Å². The van der Waals surface area contributed by atoms with Crippen molar-refractivity contribution in [2.75, 3.05) is 65.5 Å². The number of amides is 2. The maximum absolute atomic E-state index is 13.2. The number of piperidine rings is 2. The fourth-order valence-electron chi connectivity index (χ4n) is 5.30. The van der Waals surface area contributed by atoms with Gasteiger partial charge in [0.2, 0.25) is 5.91 Å². The summed E-state index contributed by atoms with van der Waals surface area (Å²) in [6.45, 7) is 8.82. The lowest BCUT2D eigenvalue weighted by Gasteiger charge is -2.38. The molecule has 0 saturated carbocycles. The molecule has 3 aliphatic heterocycles. The molecule has 0 aromatic rings. The van der Waals surface area contributed by atoms with Crippen LogP contribution >= 0.6 is 0 Å². The summed E-state index contributed by atoms with van der Waals surface area (Å²) in [6.07, 6.45) is 6.91. The minimum atomic E-state index is -3.66. The van der Waals surface area contributed by atoms with E-state index in [1.807, 2.05) is 0 Å². The van der Waals surface area contributed by atoms with E-state index < -0.39 is 16.3 Å². The topological polar surface area (TPSA) is 102 Å². The van der Waals surface area contributed by atoms with Crippen LogP contribution in [-0.4, -0.2) is 110 Å². The van der Waals surface area contributed by atoms with E-state index in [2.05, 4.69) is 17.1 Å². The first-order valence-electron chi connectivity index (χ1n) is 13.1. The summed E-state index contributed by atoms with van der Waals surface area (Å²) in [5.74, 6) is -0.361. The number of hydrogen-bond acceptors (Lipinski definition) is 6. The smallest absolute Gasteiger partial charge is 0.409 e. The molecule has 0 radical (unpaired) electrons. The summed E-state index contributed by atoms with van der Waals surface area (Å²) in [5.41, 5.74) is 0. The highest BCUT2D eigenvalue weighted by Gasteiger charge is 2.37. The molecule has 3 saturated heterocycles. The van der Waals surface area contributed by atoms with Crippen LogP contribution in [0.1, 0.15) is 58.8 Å². The van der Waals surface area contributed by atoms with Crippen molar-refractivity contribution in [3.63, 3.8) is 0 Å². The Morgan fingerprint density at radius 2 is 1.71 bits per heavy atom. The van der Waals surface area contributed by atoms with Gasteiger partial charge in [-0.2, -0.15) is 17.0 Å². The Morgan fingerprint density at radius 3 is 2.41 bits per heavy atom. The molecule has 2 amide bonds. The normalized spacial score (nSPS) is 25.8. The molecular formula is C23H43N5O5S. The van der Waals surface area contributed by atoms with Gasteiger partial charge in [0.25, 0.3) is 10.2 Å². The number of nitrogens with zero attached hydrogens (tertiary/aromatic N) is 4. The maximum atomic E-state index is 13.2. The standard InChI is InChI=1S/C23H43N5O5S/c1-3-21-10-5-6-12-25(21)13-8-11-24-22(29)20-9-7-14-28(19-20)34(31,32)27-17-15-26(16-18-27)23(30)33-4-2/h20-21H,3-19H2,1-2H3,(H,24,29)/t20-,21+/m0/s1. The van der Waals surface area contributed by atoms with Crippen molar-refractivity contribution in [1.82, 2.24) is 23.7 Å². The number of hydrogen-bond donors (Lipinski definition) is 1. The van der Waals surface area contributed by atoms with Crippen molar-refractivity contribution in [2.24, 2.45) is 5.92 Å². The van der Waals surface area contributed by atoms with Crippen LogP contribution in [0.5, 0.6) is 0 Å². The molecule has 0 spiro atoms. The first kappa shape index (κ1) is 27.2. The lowest BCUT2D eigenvalue weighted by molar-refractivity contribution is -0.126. The van der Waals surface area contributed by atoms with E-state index in [4.69, 9.17) is 4.74 Å². The number of nitrogens with one attached hydrogen (secondary N) is 1. The van der Waals surface area contributed by atoms with Crippen molar-refractivity contribution in [1.29, 1.82) is 0 Å². The Labute approximate surface area is 205 Å². The highest BCUT2D eigenvalue weighted by Crippen LogP contribution is 2.23. The highest BCUT2D eigenvalue weighted by atomic mass is 32.2. The molecule has 34 heavy (non-hydrogen) atoms. The molecule has 3 heterocycles. The van der Waals surface area contributed by atoms with Gasteiger partial charge in [0.1, 0.15) is 0 Å². The van der Waals surface area contributed by atoms with Gasteiger partial charge in [0, 0.05) is 58.4 Å². The molecule has 1 N–H and O–H groups in total. The van der Waals surface area contributed by atoms with Crippen LogP contribution in [-0.2, 0) is 19.7 Å². The number of ether oxygens (including phenoxy) is 1. The summed E-state index contributed by atoms with van der Waals surface area (Å²) in [5, 5.41) is 3.05. The van der Waals surface area contributed by atoms with Crippen molar-refractivity contribution in [3.8, 4) is 0 Å². The zero-order valence-electron chi connectivity index (χ0n) is 20.9. The van der Waals surface area contributed by atoms with E-state index in [0.29, 0.717) is 51.7 Å². The number of piperazine rings is 1. The Balaban J connectivity index is 1.43. The molecule has 0 aromatic carbocycles. The van der Waals surface area contributed by atoms with E-state index in [1.165, 1.54) is 39.2 Å². The summed E-state index contributed by atoms with van der Waals surface area (Å²) >= 11 is 0. The van der Waals surface area contributed by atoms with Crippen LogP contribution in [0.3, 0.4) is 0 Å². The highest BCUT2D eigenvalue weighted by molar-refractivity contribution is 7.86. The van der Waals surface area contributed by atoms with Crippen LogP contribution in [0.15, 0.2) is 0 Å². The molecular weight excluding hydrogens is 458 g/mol. The maximum Gasteiger partial charge on any atom is 0.409 e. The Kier molecular flexibility index (Phi) is 10.4. The fourth-order valence-corrected chi connectivity index (χ4v) is 6.98. The summed E-state index contributed by atoms with van der Waals surface area (Å²) in [7, 11) is -3.66. The van der Waals surface area contributed by atoms with Crippen molar-refractivity contribution in [3.05, 3.63) is 0 Å². The second-order valence-corrected chi connectivity index (χ2v) is 11.5. The summed E-state index contributed by atoms with van der Waals surface area (Å²) < 4.78 is 34.2. The van der Waals surface area contributed by atoms with Gasteiger partial charge in [-0.25, -0.2) is 4.79 Å². The predicted octanol–water partition coefficient (Wildman–Crippen LogP) is 1.49. The van der Waals surface area contributed by atoms with Crippen LogP contribution in [0.2, 0.25) is 0 Å². The van der Waals surface area contributed by atoms with Crippen LogP contribution in [0, 0.1) is 5.92 Å². The molecule has 3 aliphatic rings. The molecule has 0 aromatic heterocycles. The second-order valence-electron chi connectivity index (χ2n) is 9.53. The van der Waals surface area contributed by atoms with E-state index in [-0.39, 0.29) is 31.5 Å². The monoisotopic (exact) mass is 501 g/mol. The van der Waals surface area contributed by atoms with Gasteiger partial charge in [-0.05, 0) is 52.0 Å². The third kappa shape index (κ3) is 7.05. The van der Waals surface area contributed by atoms with Gasteiger partial charge >= 0.3 is 6.09 Å². The van der Waals surface area contributed by atoms with Gasteiger partial charge < -0.3 is 19.9 Å². The van der Waals surface area contributed by atoms with E-state index >= 15 is 0 Å². The van der Waals surface area contributed by atoms with Gasteiger partial charge in [-0.1, -0.05) is 13.3 Å². The number of carbonyl (C=O) groups is 2. The van der Waals surface area contributed by atoms with Crippen LogP contribution in [0.4, 0.5) is 4.79 Å². The van der Waals surface area contributed by atoms with Gasteiger partial charge in [0.05, 0.1) is 12.5 Å². The summed E-state index contributed by atoms with van der Waals surface area (Å²) in [6, 6.07) is 0.667. The molecule has 196 valence electrons. The lowest BCUT2D eigenvalue weighted by Crippen LogP contribution is -2.56. The first-order valence-corrected chi connectivity index (χ1v) is 14.4. The molecule has 3 rings (SSSR count). The second kappa shape index (κ2) is 13.0. The molecule has 10 nitrogen and oxygen atoms in total. The minimum Gasteiger partial charge on any atom is -0.450 e. The number of likely N-dealkylation sites (tertiary alicyclic amines) is 1. The fraction of sp³-hybridized carbons (Fsp3) is 0.913. The third-order valence-corrected chi connectivity index (χ3v) is 9.32. The predicted molar refractivity (Wildman–Crippen MR) is 131 cm³/mol. The van der Waals surface area contributed by atoms with E-state index in [9.17, 15) is 18.0 Å². The first-order chi connectivity index (χ1) is 16.4. The van der Waals surface area contributed by atoms with Crippen LogP contribution in [0.25, 0.3) is 0 Å². The number of carbonyl (C=O) groups excluding carboxylic acids is 2. The average molecular weight is 502 g/mol. The van der Waals surface area contributed by atoms with Crippen LogP contribution < -0.4 is 5.32 Å². The number of rotatable bonds is 9. The summed E-state index contributed by atoms with van der Waals surface area (Å²) in [4.78, 5) is 28.7. The Hall–Kier alpha value is -1.43. The average Bonchev–Trinajstić information content (AvgIpc) is 2.87. The van der Waals surface area contributed by atoms with E-state index in [1.54, 1.807) is 6.92 Å². The molecule has 0 aliphatic carbocycles. The third-order valence-electron chi connectivity index (χ3n) is 7.31. The molecule has 3 fully saturated rings. The molecule has 0 bridgehead atoms. The zero-order chi connectivity index (χ0) is 24.6. The van der Waals surface area contributed by atoms with Crippen molar-refractivity contribution >= 4 is 22.2 Å².